The summed E-state index contributed by atoms with van der Waals surface area (Å²) < 4.78 is 5.55. The van der Waals surface area contributed by atoms with Crippen LogP contribution in [0.25, 0.3) is 0 Å². The molecule has 1 aromatic heterocycles. The van der Waals surface area contributed by atoms with E-state index >= 15 is 0 Å². The van der Waals surface area contributed by atoms with Crippen LogP contribution in [0.1, 0.15) is 20.3 Å². The van der Waals surface area contributed by atoms with Crippen molar-refractivity contribution >= 4 is 23.1 Å². The van der Waals surface area contributed by atoms with E-state index in [4.69, 9.17) is 22.1 Å². The van der Waals surface area contributed by atoms with Crippen LogP contribution in [-0.4, -0.2) is 23.2 Å². The molecule has 1 aromatic rings. The lowest BCUT2D eigenvalue weighted by atomic mass is 9.95. The number of nitrogen functional groups attached to an aromatic ring is 1. The van der Waals surface area contributed by atoms with Crippen molar-refractivity contribution in [3.05, 3.63) is 17.3 Å². The lowest BCUT2D eigenvalue weighted by Crippen LogP contribution is -2.41. The monoisotopic (exact) mass is 241 g/mol. The Balaban J connectivity index is 2.20. The van der Waals surface area contributed by atoms with Crippen LogP contribution in [0, 0.1) is 0 Å². The molecule has 1 aliphatic rings. The van der Waals surface area contributed by atoms with Crippen LogP contribution in [0.5, 0.6) is 0 Å². The van der Waals surface area contributed by atoms with Gasteiger partial charge in [-0.05, 0) is 26.3 Å². The first-order valence-corrected chi connectivity index (χ1v) is 5.70. The molecule has 0 aromatic carbocycles. The van der Waals surface area contributed by atoms with Crippen molar-refractivity contribution in [2.75, 3.05) is 17.7 Å². The third-order valence-electron chi connectivity index (χ3n) is 3.12. The smallest absolute Gasteiger partial charge is 0.133 e. The Hall–Kier alpha value is -1.00. The van der Waals surface area contributed by atoms with Crippen molar-refractivity contribution in [1.29, 1.82) is 0 Å². The van der Waals surface area contributed by atoms with Crippen LogP contribution in [0.15, 0.2) is 12.1 Å². The normalized spacial score (nSPS) is 29.3. The second kappa shape index (κ2) is 4.11. The van der Waals surface area contributed by atoms with Gasteiger partial charge in [0.15, 0.2) is 0 Å². The maximum absolute atomic E-state index is 5.86. The number of halogens is 1. The van der Waals surface area contributed by atoms with E-state index in [1.54, 1.807) is 12.1 Å². The Morgan fingerprint density at radius 3 is 2.94 bits per heavy atom. The lowest BCUT2D eigenvalue weighted by molar-refractivity contribution is 0.105. The van der Waals surface area contributed by atoms with Crippen molar-refractivity contribution in [3.8, 4) is 0 Å². The minimum atomic E-state index is -0.107. The molecule has 2 atom stereocenters. The topological polar surface area (TPSA) is 60.2 Å². The third-order valence-corrected chi connectivity index (χ3v) is 3.31. The third kappa shape index (κ3) is 2.23. The van der Waals surface area contributed by atoms with Crippen molar-refractivity contribution in [1.82, 2.24) is 4.98 Å². The van der Waals surface area contributed by atoms with Gasteiger partial charge in [-0.2, -0.15) is 0 Å². The van der Waals surface area contributed by atoms with Gasteiger partial charge in [-0.1, -0.05) is 11.6 Å². The Morgan fingerprint density at radius 2 is 2.38 bits per heavy atom. The van der Waals surface area contributed by atoms with Gasteiger partial charge < -0.3 is 15.8 Å². The maximum Gasteiger partial charge on any atom is 0.133 e. The molecule has 0 saturated carbocycles. The zero-order valence-electron chi connectivity index (χ0n) is 9.46. The number of nitrogens with zero attached hydrogens (tertiary/aromatic N) is 1. The second-order valence-electron chi connectivity index (χ2n) is 4.41. The molecule has 88 valence electrons. The number of ether oxygens (including phenoxy) is 1. The van der Waals surface area contributed by atoms with E-state index in [9.17, 15) is 0 Å². The molecule has 5 heteroatoms. The fourth-order valence-electron chi connectivity index (χ4n) is 1.87. The van der Waals surface area contributed by atoms with Gasteiger partial charge in [-0.3, -0.25) is 0 Å². The molecule has 2 unspecified atom stereocenters. The maximum atomic E-state index is 5.86. The van der Waals surface area contributed by atoms with Gasteiger partial charge in [0.25, 0.3) is 0 Å². The molecular weight excluding hydrogens is 226 g/mol. The summed E-state index contributed by atoms with van der Waals surface area (Å²) in [6, 6.07) is 3.41. The fourth-order valence-corrected chi connectivity index (χ4v) is 2.09. The predicted octanol–water partition coefficient (Wildman–Crippen LogP) is 2.30. The van der Waals surface area contributed by atoms with Crippen LogP contribution < -0.4 is 11.1 Å². The molecule has 0 aliphatic carbocycles. The number of nitrogens with two attached hydrogens (primary N) is 1. The summed E-state index contributed by atoms with van der Waals surface area (Å²) in [6.07, 6.45) is 1.09. The molecule has 2 heterocycles. The molecule has 0 amide bonds. The minimum Gasteiger partial charge on any atom is -0.399 e. The highest BCUT2D eigenvalue weighted by Gasteiger charge is 2.37. The predicted molar refractivity (Wildman–Crippen MR) is 65.7 cm³/mol. The number of pyridine rings is 1. The quantitative estimate of drug-likeness (QED) is 0.780. The largest absolute Gasteiger partial charge is 0.399 e. The standard InChI is InChI=1S/C11H16ClN3O/c1-7-11(2,3-4-16-7)15-10-6-8(13)5-9(12)14-10/h5-7H,3-4H2,1-2H3,(H3,13,14,15). The van der Waals surface area contributed by atoms with Crippen LogP contribution >= 0.6 is 11.6 Å². The van der Waals surface area contributed by atoms with Crippen molar-refractivity contribution < 1.29 is 4.74 Å². The summed E-state index contributed by atoms with van der Waals surface area (Å²) in [5.41, 5.74) is 6.22. The molecule has 0 radical (unpaired) electrons. The number of aromatic nitrogens is 1. The highest BCUT2D eigenvalue weighted by molar-refractivity contribution is 6.29. The summed E-state index contributed by atoms with van der Waals surface area (Å²) in [5, 5.41) is 3.75. The van der Waals surface area contributed by atoms with E-state index in [0.29, 0.717) is 16.7 Å². The average Bonchev–Trinajstić information content (AvgIpc) is 2.44. The summed E-state index contributed by atoms with van der Waals surface area (Å²) in [5.74, 6) is 0.699. The molecule has 2 rings (SSSR count). The fraction of sp³-hybridized carbons (Fsp3) is 0.545. The summed E-state index contributed by atoms with van der Waals surface area (Å²) in [4.78, 5) is 4.20. The zero-order chi connectivity index (χ0) is 11.8. The van der Waals surface area contributed by atoms with Gasteiger partial charge in [0.1, 0.15) is 11.0 Å². The number of hydrogen-bond acceptors (Lipinski definition) is 4. The number of anilines is 2. The van der Waals surface area contributed by atoms with Crippen LogP contribution in [0.4, 0.5) is 11.5 Å². The van der Waals surface area contributed by atoms with Gasteiger partial charge in [-0.15, -0.1) is 0 Å². The molecule has 1 fully saturated rings. The van der Waals surface area contributed by atoms with Gasteiger partial charge in [0, 0.05) is 18.4 Å². The van der Waals surface area contributed by atoms with E-state index in [2.05, 4.69) is 17.2 Å². The lowest BCUT2D eigenvalue weighted by Gasteiger charge is -2.29. The van der Waals surface area contributed by atoms with Crippen molar-refractivity contribution in [3.63, 3.8) is 0 Å². The first-order valence-electron chi connectivity index (χ1n) is 5.32. The first kappa shape index (κ1) is 11.5. The number of hydrogen-bond donors (Lipinski definition) is 2. The summed E-state index contributed by atoms with van der Waals surface area (Å²) >= 11 is 5.86. The number of rotatable bonds is 2. The van der Waals surface area contributed by atoms with Gasteiger partial charge in [-0.25, -0.2) is 4.98 Å². The first-order chi connectivity index (χ1) is 7.49. The van der Waals surface area contributed by atoms with Gasteiger partial charge >= 0.3 is 0 Å². The van der Waals surface area contributed by atoms with Crippen LogP contribution in [0.3, 0.4) is 0 Å². The minimum absolute atomic E-state index is 0.107. The molecule has 4 nitrogen and oxygen atoms in total. The molecular formula is C11H16ClN3O. The Bertz CT molecular complexity index is 379. The van der Waals surface area contributed by atoms with Crippen molar-refractivity contribution in [2.45, 2.75) is 31.9 Å². The molecule has 0 bridgehead atoms. The van der Waals surface area contributed by atoms with E-state index in [1.165, 1.54) is 0 Å². The molecule has 3 N–H and O–H groups in total. The Morgan fingerprint density at radius 1 is 1.62 bits per heavy atom. The molecule has 16 heavy (non-hydrogen) atoms. The van der Waals surface area contributed by atoms with E-state index in [1.807, 2.05) is 6.92 Å². The average molecular weight is 242 g/mol. The molecule has 1 aliphatic heterocycles. The van der Waals surface area contributed by atoms with Crippen molar-refractivity contribution in [2.24, 2.45) is 0 Å². The highest BCUT2D eigenvalue weighted by atomic mass is 35.5. The van der Waals surface area contributed by atoms with E-state index in [-0.39, 0.29) is 11.6 Å². The molecule has 1 saturated heterocycles. The van der Waals surface area contributed by atoms with E-state index in [0.717, 1.165) is 13.0 Å². The second-order valence-corrected chi connectivity index (χ2v) is 4.80. The SMILES string of the molecule is CC1OCCC1(C)Nc1cc(N)cc(Cl)n1. The summed E-state index contributed by atoms with van der Waals surface area (Å²) in [6.45, 7) is 4.93. The zero-order valence-corrected chi connectivity index (χ0v) is 10.2. The summed E-state index contributed by atoms with van der Waals surface area (Å²) in [7, 11) is 0. The van der Waals surface area contributed by atoms with Crippen LogP contribution in [0.2, 0.25) is 5.15 Å². The molecule has 0 spiro atoms. The van der Waals surface area contributed by atoms with Gasteiger partial charge in [0.05, 0.1) is 11.6 Å². The van der Waals surface area contributed by atoms with Gasteiger partial charge in [0.2, 0.25) is 0 Å². The highest BCUT2D eigenvalue weighted by Crippen LogP contribution is 2.29. The number of nitrogens with one attached hydrogen (secondary N) is 1. The van der Waals surface area contributed by atoms with Crippen LogP contribution in [-0.2, 0) is 4.74 Å². The Kier molecular flexibility index (Phi) is 2.95. The Labute approximate surface area is 100 Å². The van der Waals surface area contributed by atoms with E-state index < -0.39 is 0 Å².